The first-order chi connectivity index (χ1) is 8.96. The third kappa shape index (κ3) is 5.00. The standard InChI is InChI=1S/C12H26N2O4S/c1-4-6-13-8-11(2)19(15,16)14-9-12(17-3)5-7-18-10-12/h11,13-14H,4-10H2,1-3H3. The zero-order valence-corrected chi connectivity index (χ0v) is 12.9. The van der Waals surface area contributed by atoms with Crippen LogP contribution in [-0.2, 0) is 19.5 Å². The van der Waals surface area contributed by atoms with Crippen LogP contribution in [0.1, 0.15) is 26.7 Å². The summed E-state index contributed by atoms with van der Waals surface area (Å²) >= 11 is 0. The van der Waals surface area contributed by atoms with E-state index in [4.69, 9.17) is 9.47 Å². The van der Waals surface area contributed by atoms with Gasteiger partial charge in [0.15, 0.2) is 0 Å². The van der Waals surface area contributed by atoms with E-state index in [0.29, 0.717) is 26.2 Å². The molecular weight excluding hydrogens is 268 g/mol. The fraction of sp³-hybridized carbons (Fsp3) is 1.00. The molecule has 0 aromatic heterocycles. The quantitative estimate of drug-likeness (QED) is 0.590. The molecule has 1 aliphatic heterocycles. The largest absolute Gasteiger partial charge is 0.378 e. The van der Waals surface area contributed by atoms with Gasteiger partial charge in [0.2, 0.25) is 10.0 Å². The van der Waals surface area contributed by atoms with Crippen molar-refractivity contribution in [2.24, 2.45) is 0 Å². The first-order valence-corrected chi connectivity index (χ1v) is 8.32. The van der Waals surface area contributed by atoms with Crippen molar-refractivity contribution in [1.29, 1.82) is 0 Å². The number of methoxy groups -OCH3 is 1. The molecule has 0 spiro atoms. The highest BCUT2D eigenvalue weighted by Gasteiger charge is 2.36. The van der Waals surface area contributed by atoms with Crippen LogP contribution in [0.2, 0.25) is 0 Å². The molecule has 0 aromatic carbocycles. The third-order valence-corrected chi connectivity index (χ3v) is 5.26. The maximum Gasteiger partial charge on any atom is 0.215 e. The lowest BCUT2D eigenvalue weighted by molar-refractivity contribution is -0.0121. The molecule has 2 N–H and O–H groups in total. The van der Waals surface area contributed by atoms with Crippen LogP contribution in [-0.4, -0.2) is 59.2 Å². The lowest BCUT2D eigenvalue weighted by Crippen LogP contribution is -2.48. The Balaban J connectivity index is 2.45. The Morgan fingerprint density at radius 3 is 2.74 bits per heavy atom. The predicted molar refractivity (Wildman–Crippen MR) is 74.7 cm³/mol. The summed E-state index contributed by atoms with van der Waals surface area (Å²) in [5.41, 5.74) is -0.510. The fourth-order valence-electron chi connectivity index (χ4n) is 1.93. The van der Waals surface area contributed by atoms with Gasteiger partial charge in [-0.25, -0.2) is 13.1 Å². The molecule has 1 heterocycles. The van der Waals surface area contributed by atoms with Crippen molar-refractivity contribution in [3.8, 4) is 0 Å². The molecule has 0 radical (unpaired) electrons. The summed E-state index contributed by atoms with van der Waals surface area (Å²) in [5, 5.41) is 2.65. The molecule has 114 valence electrons. The molecule has 2 atom stereocenters. The first kappa shape index (κ1) is 16.8. The van der Waals surface area contributed by atoms with Crippen LogP contribution in [0.5, 0.6) is 0 Å². The summed E-state index contributed by atoms with van der Waals surface area (Å²) < 4.78 is 37.5. The highest BCUT2D eigenvalue weighted by molar-refractivity contribution is 7.90. The Morgan fingerprint density at radius 2 is 2.21 bits per heavy atom. The maximum atomic E-state index is 12.1. The highest BCUT2D eigenvalue weighted by atomic mass is 32.2. The van der Waals surface area contributed by atoms with Gasteiger partial charge in [-0.15, -0.1) is 0 Å². The van der Waals surface area contributed by atoms with E-state index in [9.17, 15) is 8.42 Å². The summed E-state index contributed by atoms with van der Waals surface area (Å²) in [6.45, 7) is 6.36. The molecule has 0 amide bonds. The molecule has 0 aromatic rings. The molecule has 0 bridgehead atoms. The van der Waals surface area contributed by atoms with Crippen LogP contribution < -0.4 is 10.0 Å². The molecule has 0 saturated carbocycles. The Bertz CT molecular complexity index is 353. The monoisotopic (exact) mass is 294 g/mol. The fourth-order valence-corrected chi connectivity index (χ4v) is 3.01. The molecule has 1 rings (SSSR count). The molecule has 6 nitrogen and oxygen atoms in total. The third-order valence-electron chi connectivity index (χ3n) is 3.48. The lowest BCUT2D eigenvalue weighted by Gasteiger charge is -2.26. The number of rotatable bonds is 9. The minimum absolute atomic E-state index is 0.268. The zero-order valence-electron chi connectivity index (χ0n) is 12.1. The van der Waals surface area contributed by atoms with E-state index in [1.807, 2.05) is 6.92 Å². The van der Waals surface area contributed by atoms with Crippen LogP contribution in [0.3, 0.4) is 0 Å². The summed E-state index contributed by atoms with van der Waals surface area (Å²) in [4.78, 5) is 0. The molecule has 19 heavy (non-hydrogen) atoms. The van der Waals surface area contributed by atoms with Gasteiger partial charge in [-0.3, -0.25) is 0 Å². The summed E-state index contributed by atoms with van der Waals surface area (Å²) in [6.07, 6.45) is 1.71. The van der Waals surface area contributed by atoms with Gasteiger partial charge in [-0.1, -0.05) is 6.92 Å². The van der Waals surface area contributed by atoms with Crippen LogP contribution >= 0.6 is 0 Å². The Hall–Kier alpha value is -0.210. The van der Waals surface area contributed by atoms with Crippen molar-refractivity contribution in [3.05, 3.63) is 0 Å². The molecule has 1 fully saturated rings. The maximum absolute atomic E-state index is 12.1. The predicted octanol–water partition coefficient (Wildman–Crippen LogP) is 0.0994. The van der Waals surface area contributed by atoms with Gasteiger partial charge < -0.3 is 14.8 Å². The van der Waals surface area contributed by atoms with Crippen molar-refractivity contribution >= 4 is 10.0 Å². The summed E-state index contributed by atoms with van der Waals surface area (Å²) in [5.74, 6) is 0. The lowest BCUT2D eigenvalue weighted by atomic mass is 10.0. The topological polar surface area (TPSA) is 76.7 Å². The van der Waals surface area contributed by atoms with E-state index in [1.165, 1.54) is 0 Å². The minimum Gasteiger partial charge on any atom is -0.378 e. The van der Waals surface area contributed by atoms with Crippen molar-refractivity contribution in [2.75, 3.05) is 40.0 Å². The number of hydrogen-bond donors (Lipinski definition) is 2. The van der Waals surface area contributed by atoms with E-state index in [-0.39, 0.29) is 6.54 Å². The van der Waals surface area contributed by atoms with Gasteiger partial charge >= 0.3 is 0 Å². The van der Waals surface area contributed by atoms with Gasteiger partial charge in [0.05, 0.1) is 11.9 Å². The number of sulfonamides is 1. The smallest absolute Gasteiger partial charge is 0.215 e. The van der Waals surface area contributed by atoms with Crippen LogP contribution in [0.15, 0.2) is 0 Å². The Kier molecular flexibility index (Phi) is 6.68. The van der Waals surface area contributed by atoms with E-state index in [0.717, 1.165) is 13.0 Å². The molecule has 7 heteroatoms. The van der Waals surface area contributed by atoms with Crippen molar-refractivity contribution in [1.82, 2.24) is 10.0 Å². The van der Waals surface area contributed by atoms with Crippen molar-refractivity contribution < 1.29 is 17.9 Å². The average Bonchev–Trinajstić information content (AvgIpc) is 2.86. The molecular formula is C12H26N2O4S. The zero-order chi connectivity index (χ0) is 14.4. The molecule has 1 aliphatic rings. The minimum atomic E-state index is -3.32. The van der Waals surface area contributed by atoms with E-state index in [2.05, 4.69) is 10.0 Å². The SMILES string of the molecule is CCCNCC(C)S(=O)(=O)NCC1(OC)CCOC1. The van der Waals surface area contributed by atoms with E-state index in [1.54, 1.807) is 14.0 Å². The van der Waals surface area contributed by atoms with Crippen molar-refractivity contribution in [3.63, 3.8) is 0 Å². The normalized spacial score (nSPS) is 25.6. The summed E-state index contributed by atoms with van der Waals surface area (Å²) in [7, 11) is -1.73. The summed E-state index contributed by atoms with van der Waals surface area (Å²) in [6, 6.07) is 0. The average molecular weight is 294 g/mol. The molecule has 2 unspecified atom stereocenters. The van der Waals surface area contributed by atoms with Gasteiger partial charge in [0, 0.05) is 33.2 Å². The Morgan fingerprint density at radius 1 is 1.47 bits per heavy atom. The second kappa shape index (κ2) is 7.54. The second-order valence-electron chi connectivity index (χ2n) is 5.07. The van der Waals surface area contributed by atoms with Gasteiger partial charge in [-0.05, 0) is 19.9 Å². The van der Waals surface area contributed by atoms with Crippen LogP contribution in [0.25, 0.3) is 0 Å². The molecule has 0 aliphatic carbocycles. The van der Waals surface area contributed by atoms with Gasteiger partial charge in [-0.2, -0.15) is 0 Å². The first-order valence-electron chi connectivity index (χ1n) is 6.78. The Labute approximate surface area is 116 Å². The second-order valence-corrected chi connectivity index (χ2v) is 7.25. The van der Waals surface area contributed by atoms with Gasteiger partial charge in [0.1, 0.15) is 5.60 Å². The van der Waals surface area contributed by atoms with Crippen molar-refractivity contribution in [2.45, 2.75) is 37.5 Å². The number of ether oxygens (including phenoxy) is 2. The van der Waals surface area contributed by atoms with E-state index >= 15 is 0 Å². The number of hydrogen-bond acceptors (Lipinski definition) is 5. The number of nitrogens with one attached hydrogen (secondary N) is 2. The van der Waals surface area contributed by atoms with Crippen LogP contribution in [0.4, 0.5) is 0 Å². The van der Waals surface area contributed by atoms with Gasteiger partial charge in [0.25, 0.3) is 0 Å². The van der Waals surface area contributed by atoms with Crippen LogP contribution in [0, 0.1) is 0 Å². The molecule has 1 saturated heterocycles. The van der Waals surface area contributed by atoms with E-state index < -0.39 is 20.9 Å². The highest BCUT2D eigenvalue weighted by Crippen LogP contribution is 2.21.